The van der Waals surface area contributed by atoms with E-state index in [0.717, 1.165) is 19.3 Å². The average Bonchev–Trinajstić information content (AvgIpc) is 2.98. The zero-order chi connectivity index (χ0) is 15.9. The van der Waals surface area contributed by atoms with Crippen LogP contribution in [0.4, 0.5) is 0 Å². The molecule has 1 aliphatic heterocycles. The Morgan fingerprint density at radius 3 is 2.17 bits per heavy atom. The van der Waals surface area contributed by atoms with Crippen LogP contribution in [0.25, 0.3) is 0 Å². The molecule has 2 amide bonds. The Morgan fingerprint density at radius 1 is 1.09 bits per heavy atom. The van der Waals surface area contributed by atoms with E-state index < -0.39 is 17.8 Å². The van der Waals surface area contributed by atoms with Crippen LogP contribution >= 0.6 is 0 Å². The molecule has 5 aliphatic rings. The molecule has 0 radical (unpaired) electrons. The molecule has 120 valence electrons. The second kappa shape index (κ2) is 4.01. The first-order valence-corrected chi connectivity index (χ1v) is 8.19. The Balaban J connectivity index is 1.71. The van der Waals surface area contributed by atoms with E-state index in [2.05, 4.69) is 10.4 Å². The summed E-state index contributed by atoms with van der Waals surface area (Å²) in [5.41, 5.74) is -0.471. The molecule has 7 heteroatoms. The third-order valence-corrected chi connectivity index (χ3v) is 6.21. The molecule has 4 aliphatic carbocycles. The van der Waals surface area contributed by atoms with Crippen molar-refractivity contribution in [3.63, 3.8) is 0 Å². The van der Waals surface area contributed by atoms with Gasteiger partial charge in [0.15, 0.2) is 5.69 Å². The Bertz CT molecular complexity index is 743. The van der Waals surface area contributed by atoms with Gasteiger partial charge < -0.3 is 5.11 Å². The lowest BCUT2D eigenvalue weighted by atomic mass is 9.53. The fourth-order valence-corrected chi connectivity index (χ4v) is 5.88. The molecule has 2 N–H and O–H groups in total. The van der Waals surface area contributed by atoms with Crippen LogP contribution in [0.15, 0.2) is 0 Å². The van der Waals surface area contributed by atoms with E-state index in [0.29, 0.717) is 17.8 Å². The fraction of sp³-hybridized carbons (Fsp3) is 0.625. The number of aromatic nitrogens is 2. The van der Waals surface area contributed by atoms with Crippen molar-refractivity contribution in [3.8, 4) is 0 Å². The van der Waals surface area contributed by atoms with Crippen molar-refractivity contribution in [3.05, 3.63) is 17.0 Å². The van der Waals surface area contributed by atoms with Crippen LogP contribution in [0.3, 0.4) is 0 Å². The smallest absolute Gasteiger partial charge is 0.357 e. The molecule has 0 spiro atoms. The minimum Gasteiger partial charge on any atom is -0.476 e. The first-order valence-electron chi connectivity index (χ1n) is 8.19. The van der Waals surface area contributed by atoms with Gasteiger partial charge in [-0.25, -0.2) is 4.79 Å². The molecule has 0 unspecified atom stereocenters. The maximum absolute atomic E-state index is 12.2. The van der Waals surface area contributed by atoms with Gasteiger partial charge in [-0.1, -0.05) is 0 Å². The van der Waals surface area contributed by atoms with E-state index in [9.17, 15) is 19.5 Å². The van der Waals surface area contributed by atoms with Crippen LogP contribution in [0, 0.1) is 17.8 Å². The lowest BCUT2D eigenvalue weighted by Crippen LogP contribution is -2.53. The number of carboxylic acids is 1. The van der Waals surface area contributed by atoms with E-state index in [1.807, 2.05) is 0 Å². The number of imide groups is 1. The number of carbonyl (C=O) groups is 3. The molecule has 1 aromatic heterocycles. The molecule has 1 aromatic rings. The number of rotatable bonds is 2. The van der Waals surface area contributed by atoms with Gasteiger partial charge in [0.1, 0.15) is 11.3 Å². The maximum atomic E-state index is 12.2. The van der Waals surface area contributed by atoms with Crippen LogP contribution in [0.1, 0.15) is 69.9 Å². The number of hydrogen-bond acceptors (Lipinski definition) is 4. The third kappa shape index (κ3) is 1.59. The number of nitrogens with one attached hydrogen (secondary N) is 1. The zero-order valence-electron chi connectivity index (χ0n) is 12.5. The Hall–Kier alpha value is -2.18. The van der Waals surface area contributed by atoms with Crippen molar-refractivity contribution in [2.45, 2.75) is 44.1 Å². The van der Waals surface area contributed by atoms with Crippen LogP contribution in [-0.2, 0) is 5.54 Å². The van der Waals surface area contributed by atoms with E-state index >= 15 is 0 Å². The number of carboxylic acid groups (broad SMARTS) is 1. The van der Waals surface area contributed by atoms with Gasteiger partial charge in [0, 0.05) is 0 Å². The SMILES string of the molecule is O=C(O)c1nn(C23CC4CC(CC(C4)C2)C3)c2c1C(=O)NC2=O. The lowest BCUT2D eigenvalue weighted by molar-refractivity contribution is -0.0503. The highest BCUT2D eigenvalue weighted by atomic mass is 16.4. The number of amides is 2. The Labute approximate surface area is 132 Å². The molecule has 4 bridgehead atoms. The van der Waals surface area contributed by atoms with Crippen molar-refractivity contribution in [1.29, 1.82) is 0 Å². The Morgan fingerprint density at radius 2 is 1.65 bits per heavy atom. The van der Waals surface area contributed by atoms with Gasteiger partial charge in [-0.3, -0.25) is 19.6 Å². The summed E-state index contributed by atoms with van der Waals surface area (Å²) in [5.74, 6) is -0.507. The fourth-order valence-electron chi connectivity index (χ4n) is 5.88. The van der Waals surface area contributed by atoms with Crippen molar-refractivity contribution in [1.82, 2.24) is 15.1 Å². The largest absolute Gasteiger partial charge is 0.476 e. The first-order chi connectivity index (χ1) is 11.0. The number of fused-ring (bicyclic) bond motifs is 1. The highest BCUT2D eigenvalue weighted by Gasteiger charge is 2.55. The summed E-state index contributed by atoms with van der Waals surface area (Å²) < 4.78 is 1.62. The summed E-state index contributed by atoms with van der Waals surface area (Å²) in [6.07, 6.45) is 6.52. The molecule has 4 fully saturated rings. The van der Waals surface area contributed by atoms with Gasteiger partial charge in [-0.15, -0.1) is 0 Å². The molecule has 7 nitrogen and oxygen atoms in total. The average molecular weight is 315 g/mol. The molecule has 0 aromatic carbocycles. The van der Waals surface area contributed by atoms with Crippen LogP contribution in [0.5, 0.6) is 0 Å². The maximum Gasteiger partial charge on any atom is 0.357 e. The normalized spacial score (nSPS) is 37.1. The number of hydrogen-bond donors (Lipinski definition) is 2. The van der Waals surface area contributed by atoms with Crippen molar-refractivity contribution in [2.75, 3.05) is 0 Å². The molecule has 4 saturated carbocycles. The monoisotopic (exact) mass is 315 g/mol. The van der Waals surface area contributed by atoms with Gasteiger partial charge in [0.2, 0.25) is 0 Å². The van der Waals surface area contributed by atoms with E-state index in [1.165, 1.54) is 19.3 Å². The summed E-state index contributed by atoms with van der Waals surface area (Å²) in [7, 11) is 0. The third-order valence-electron chi connectivity index (χ3n) is 6.21. The van der Waals surface area contributed by atoms with Crippen LogP contribution in [-0.4, -0.2) is 32.7 Å². The molecular formula is C16H17N3O4. The first kappa shape index (κ1) is 13.3. The van der Waals surface area contributed by atoms with Crippen LogP contribution < -0.4 is 5.32 Å². The predicted octanol–water partition coefficient (Wildman–Crippen LogP) is 1.39. The van der Waals surface area contributed by atoms with Gasteiger partial charge in [0.05, 0.1) is 5.54 Å². The van der Waals surface area contributed by atoms with E-state index in [-0.39, 0.29) is 22.5 Å². The quantitative estimate of drug-likeness (QED) is 0.803. The van der Waals surface area contributed by atoms with Crippen molar-refractivity contribution in [2.24, 2.45) is 17.8 Å². The highest BCUT2D eigenvalue weighted by molar-refractivity contribution is 6.23. The van der Waals surface area contributed by atoms with Gasteiger partial charge in [-0.2, -0.15) is 5.10 Å². The van der Waals surface area contributed by atoms with Crippen molar-refractivity contribution < 1.29 is 19.5 Å². The second-order valence-electron chi connectivity index (χ2n) is 7.71. The zero-order valence-corrected chi connectivity index (χ0v) is 12.5. The van der Waals surface area contributed by atoms with Crippen molar-refractivity contribution >= 4 is 17.8 Å². The van der Waals surface area contributed by atoms with Gasteiger partial charge in [0.25, 0.3) is 11.8 Å². The second-order valence-corrected chi connectivity index (χ2v) is 7.71. The summed E-state index contributed by atoms with van der Waals surface area (Å²) in [6, 6.07) is 0. The molecule has 6 rings (SSSR count). The van der Waals surface area contributed by atoms with Gasteiger partial charge in [-0.05, 0) is 56.3 Å². The molecule has 23 heavy (non-hydrogen) atoms. The standard InChI is InChI=1S/C16H17N3O4/c20-13-10-11(15(22)23)18-19(12(10)14(21)17-13)16-4-7-1-8(5-16)3-9(2-7)6-16/h7-9H,1-6H2,(H,22,23)(H,17,20,21). The van der Waals surface area contributed by atoms with Crippen LogP contribution in [0.2, 0.25) is 0 Å². The topological polar surface area (TPSA) is 101 Å². The Kier molecular flexibility index (Phi) is 2.32. The summed E-state index contributed by atoms with van der Waals surface area (Å²) in [5, 5.41) is 15.9. The molecule has 2 heterocycles. The summed E-state index contributed by atoms with van der Waals surface area (Å²) >= 11 is 0. The van der Waals surface area contributed by atoms with E-state index in [1.54, 1.807) is 4.68 Å². The van der Waals surface area contributed by atoms with Gasteiger partial charge >= 0.3 is 5.97 Å². The minimum absolute atomic E-state index is 0.0572. The summed E-state index contributed by atoms with van der Waals surface area (Å²) in [4.78, 5) is 35.7. The van der Waals surface area contributed by atoms with E-state index in [4.69, 9.17) is 0 Å². The molecule has 0 atom stereocenters. The number of carbonyl (C=O) groups excluding carboxylic acids is 2. The number of nitrogens with zero attached hydrogens (tertiary/aromatic N) is 2. The summed E-state index contributed by atoms with van der Waals surface area (Å²) in [6.45, 7) is 0. The predicted molar refractivity (Wildman–Crippen MR) is 77.1 cm³/mol. The lowest BCUT2D eigenvalue weighted by Gasteiger charge is -2.56. The highest BCUT2D eigenvalue weighted by Crippen LogP contribution is 2.59. The minimum atomic E-state index is -1.26. The molecule has 0 saturated heterocycles. The number of aromatic carboxylic acids is 1. The molecular weight excluding hydrogens is 298 g/mol.